The molecule has 0 unspecified atom stereocenters. The molecule has 0 aliphatic carbocycles. The van der Waals surface area contributed by atoms with E-state index in [1.54, 1.807) is 43.5 Å². The monoisotopic (exact) mass is 427 g/mol. The van der Waals surface area contributed by atoms with Crippen molar-refractivity contribution in [1.29, 1.82) is 0 Å². The van der Waals surface area contributed by atoms with Crippen molar-refractivity contribution in [2.75, 3.05) is 17.1 Å². The Morgan fingerprint density at radius 1 is 1.00 bits per heavy atom. The maximum absolute atomic E-state index is 12.6. The average molecular weight is 427 g/mol. The van der Waals surface area contributed by atoms with Gasteiger partial charge >= 0.3 is 0 Å². The van der Waals surface area contributed by atoms with Crippen molar-refractivity contribution in [3.63, 3.8) is 0 Å². The molecule has 0 saturated carbocycles. The molecule has 0 aromatic heterocycles. The quantitative estimate of drug-likeness (QED) is 0.402. The average Bonchev–Trinajstić information content (AvgIpc) is 2.74. The van der Waals surface area contributed by atoms with Crippen LogP contribution in [0.15, 0.2) is 77.7 Å². The highest BCUT2D eigenvalue weighted by Crippen LogP contribution is 2.33. The first kappa shape index (κ1) is 21.1. The van der Waals surface area contributed by atoms with Crippen LogP contribution in [0.3, 0.4) is 0 Å². The molecule has 9 heteroatoms. The molecule has 0 heterocycles. The Morgan fingerprint density at radius 2 is 1.67 bits per heavy atom. The second kappa shape index (κ2) is 8.83. The van der Waals surface area contributed by atoms with Crippen LogP contribution in [0.4, 0.5) is 17.1 Å². The fraction of sp³-hybridized carbons (Fsp3) is 0.143. The molecule has 3 rings (SSSR count). The van der Waals surface area contributed by atoms with E-state index in [9.17, 15) is 18.5 Å². The molecule has 0 bridgehead atoms. The lowest BCUT2D eigenvalue weighted by atomic mass is 10.1. The van der Waals surface area contributed by atoms with E-state index in [2.05, 4.69) is 10.0 Å². The fourth-order valence-corrected chi connectivity index (χ4v) is 4.09. The van der Waals surface area contributed by atoms with Crippen LogP contribution in [0, 0.1) is 10.1 Å². The van der Waals surface area contributed by atoms with Gasteiger partial charge in [0, 0.05) is 17.3 Å². The van der Waals surface area contributed by atoms with Gasteiger partial charge in [-0.15, -0.1) is 0 Å². The van der Waals surface area contributed by atoms with Gasteiger partial charge in [-0.3, -0.25) is 14.8 Å². The zero-order chi connectivity index (χ0) is 21.7. The third-order valence-corrected chi connectivity index (χ3v) is 5.86. The van der Waals surface area contributed by atoms with E-state index in [0.717, 1.165) is 11.6 Å². The van der Waals surface area contributed by atoms with E-state index in [0.29, 0.717) is 11.4 Å². The molecule has 0 spiro atoms. The first-order valence-electron chi connectivity index (χ1n) is 9.07. The Hall–Kier alpha value is -3.59. The Morgan fingerprint density at radius 3 is 2.33 bits per heavy atom. The normalized spacial score (nSPS) is 12.1. The van der Waals surface area contributed by atoms with Crippen molar-refractivity contribution in [2.45, 2.75) is 17.9 Å². The maximum atomic E-state index is 12.6. The van der Waals surface area contributed by atoms with E-state index in [1.165, 1.54) is 12.1 Å². The van der Waals surface area contributed by atoms with Gasteiger partial charge in [0.05, 0.1) is 23.0 Å². The number of nitro groups is 1. The predicted octanol–water partition coefficient (Wildman–Crippen LogP) is 4.58. The molecule has 30 heavy (non-hydrogen) atoms. The number of methoxy groups -OCH3 is 1. The van der Waals surface area contributed by atoms with Crippen LogP contribution in [0.25, 0.3) is 0 Å². The van der Waals surface area contributed by atoms with E-state index in [1.807, 2.05) is 25.1 Å². The number of hydrogen-bond acceptors (Lipinski definition) is 6. The van der Waals surface area contributed by atoms with Crippen LogP contribution in [-0.2, 0) is 10.0 Å². The van der Waals surface area contributed by atoms with Crippen molar-refractivity contribution in [3.05, 3.63) is 88.5 Å². The summed E-state index contributed by atoms with van der Waals surface area (Å²) in [5, 5.41) is 14.7. The van der Waals surface area contributed by atoms with Crippen LogP contribution in [0.2, 0.25) is 0 Å². The zero-order valence-electron chi connectivity index (χ0n) is 16.4. The number of sulfonamides is 1. The van der Waals surface area contributed by atoms with Crippen LogP contribution < -0.4 is 14.8 Å². The number of anilines is 2. The number of rotatable bonds is 8. The molecule has 0 amide bonds. The van der Waals surface area contributed by atoms with E-state index in [-0.39, 0.29) is 22.3 Å². The number of hydrogen-bond donors (Lipinski definition) is 2. The predicted molar refractivity (Wildman–Crippen MR) is 115 cm³/mol. The molecule has 0 aliphatic rings. The second-order valence-corrected chi connectivity index (χ2v) is 8.20. The molecular formula is C21H21N3O5S. The molecule has 8 nitrogen and oxygen atoms in total. The van der Waals surface area contributed by atoms with Gasteiger partial charge in [0.2, 0.25) is 0 Å². The van der Waals surface area contributed by atoms with Crippen molar-refractivity contribution < 1.29 is 18.1 Å². The molecule has 156 valence electrons. The second-order valence-electron chi connectivity index (χ2n) is 6.52. The van der Waals surface area contributed by atoms with Gasteiger partial charge < -0.3 is 10.1 Å². The minimum absolute atomic E-state index is 0.200. The lowest BCUT2D eigenvalue weighted by molar-refractivity contribution is -0.384. The van der Waals surface area contributed by atoms with Gasteiger partial charge in [0.15, 0.2) is 0 Å². The fourth-order valence-electron chi connectivity index (χ4n) is 3.01. The van der Waals surface area contributed by atoms with Crippen molar-refractivity contribution in [3.8, 4) is 5.75 Å². The molecule has 2 N–H and O–H groups in total. The molecule has 3 aromatic rings. The van der Waals surface area contributed by atoms with Crippen molar-refractivity contribution >= 4 is 27.1 Å². The van der Waals surface area contributed by atoms with Crippen molar-refractivity contribution in [1.82, 2.24) is 0 Å². The SMILES string of the molecule is COc1ccccc1[C@H](C)Nc1ccc(S(=O)(=O)Nc2ccccc2)cc1[N+](=O)[O-]. The summed E-state index contributed by atoms with van der Waals surface area (Å²) >= 11 is 0. The van der Waals surface area contributed by atoms with Gasteiger partial charge in [0.25, 0.3) is 15.7 Å². The van der Waals surface area contributed by atoms with Gasteiger partial charge in [-0.25, -0.2) is 8.42 Å². The number of ether oxygens (including phenoxy) is 1. The van der Waals surface area contributed by atoms with E-state index < -0.39 is 14.9 Å². The minimum atomic E-state index is -3.98. The molecule has 0 aliphatic heterocycles. The van der Waals surface area contributed by atoms with Crippen molar-refractivity contribution in [2.24, 2.45) is 0 Å². The Kier molecular flexibility index (Phi) is 6.22. The van der Waals surface area contributed by atoms with E-state index >= 15 is 0 Å². The Labute approximate surface area is 174 Å². The smallest absolute Gasteiger partial charge is 0.293 e. The zero-order valence-corrected chi connectivity index (χ0v) is 17.2. The topological polar surface area (TPSA) is 111 Å². The summed E-state index contributed by atoms with van der Waals surface area (Å²) in [5.41, 5.74) is 1.05. The summed E-state index contributed by atoms with van der Waals surface area (Å²) in [7, 11) is -2.43. The number of nitrogens with zero attached hydrogens (tertiary/aromatic N) is 1. The third kappa shape index (κ3) is 4.69. The van der Waals surface area contributed by atoms with Crippen LogP contribution in [0.5, 0.6) is 5.75 Å². The maximum Gasteiger partial charge on any atom is 0.293 e. The number of nitro benzene ring substituents is 1. The van der Waals surface area contributed by atoms with Crippen LogP contribution in [0.1, 0.15) is 18.5 Å². The first-order chi connectivity index (χ1) is 14.3. The number of para-hydroxylation sites is 2. The largest absolute Gasteiger partial charge is 0.496 e. The van der Waals surface area contributed by atoms with Crippen LogP contribution >= 0.6 is 0 Å². The van der Waals surface area contributed by atoms with Gasteiger partial charge in [-0.2, -0.15) is 0 Å². The minimum Gasteiger partial charge on any atom is -0.496 e. The Bertz CT molecular complexity index is 1150. The Balaban J connectivity index is 1.91. The highest BCUT2D eigenvalue weighted by molar-refractivity contribution is 7.92. The first-order valence-corrected chi connectivity index (χ1v) is 10.6. The highest BCUT2D eigenvalue weighted by Gasteiger charge is 2.23. The molecule has 0 radical (unpaired) electrons. The summed E-state index contributed by atoms with van der Waals surface area (Å²) in [4.78, 5) is 10.8. The standard InChI is InChI=1S/C21H21N3O5S/c1-15(18-10-6-7-11-21(18)29-2)22-19-13-12-17(14-20(19)24(25)26)30(27,28)23-16-8-4-3-5-9-16/h3-15,22-23H,1-2H3/t15-/m0/s1. The third-order valence-electron chi connectivity index (χ3n) is 4.48. The summed E-state index contributed by atoms with van der Waals surface area (Å²) < 4.78 is 33.0. The molecule has 0 fully saturated rings. The summed E-state index contributed by atoms with van der Waals surface area (Å²) in [6.07, 6.45) is 0. The van der Waals surface area contributed by atoms with E-state index in [4.69, 9.17) is 4.74 Å². The van der Waals surface area contributed by atoms with Gasteiger partial charge in [-0.1, -0.05) is 36.4 Å². The van der Waals surface area contributed by atoms with Gasteiger partial charge in [-0.05, 0) is 37.3 Å². The lowest BCUT2D eigenvalue weighted by Gasteiger charge is -2.18. The molecular weight excluding hydrogens is 406 g/mol. The number of benzene rings is 3. The molecule has 0 saturated heterocycles. The molecule has 1 atom stereocenters. The summed E-state index contributed by atoms with van der Waals surface area (Å²) in [6.45, 7) is 1.84. The summed E-state index contributed by atoms with van der Waals surface area (Å²) in [5.74, 6) is 0.645. The van der Waals surface area contributed by atoms with Crippen LogP contribution in [-0.4, -0.2) is 20.5 Å². The lowest BCUT2D eigenvalue weighted by Crippen LogP contribution is -2.14. The summed E-state index contributed by atoms with van der Waals surface area (Å²) in [6, 6.07) is 19.1. The molecule has 3 aromatic carbocycles. The highest BCUT2D eigenvalue weighted by atomic mass is 32.2. The number of nitrogens with one attached hydrogen (secondary N) is 2. The van der Waals surface area contributed by atoms with Gasteiger partial charge in [0.1, 0.15) is 11.4 Å².